The predicted octanol–water partition coefficient (Wildman–Crippen LogP) is 4.45. The van der Waals surface area contributed by atoms with Gasteiger partial charge in [-0.1, -0.05) is 38.1 Å². The molecule has 0 radical (unpaired) electrons. The normalized spacial score (nSPS) is 12.1. The molecule has 2 aromatic carbocycles. The van der Waals surface area contributed by atoms with Gasteiger partial charge in [0.05, 0.1) is 6.21 Å². The van der Waals surface area contributed by atoms with E-state index >= 15 is 0 Å². The van der Waals surface area contributed by atoms with Crippen LogP contribution >= 0.6 is 11.8 Å². The second-order valence-electron chi connectivity index (χ2n) is 5.73. The monoisotopic (exact) mass is 356 g/mol. The molecule has 132 valence electrons. The summed E-state index contributed by atoms with van der Waals surface area (Å²) < 4.78 is 5.48. The van der Waals surface area contributed by atoms with Gasteiger partial charge in [0.2, 0.25) is 0 Å². The average molecular weight is 356 g/mol. The van der Waals surface area contributed by atoms with Crippen LogP contribution in [0, 0.1) is 0 Å². The first-order chi connectivity index (χ1) is 12.1. The van der Waals surface area contributed by atoms with Gasteiger partial charge in [0, 0.05) is 4.90 Å². The molecule has 1 amide bonds. The number of nitrogens with zero attached hydrogens (tertiary/aromatic N) is 1. The van der Waals surface area contributed by atoms with E-state index in [2.05, 4.69) is 24.4 Å². The molecule has 0 fully saturated rings. The third-order valence-corrected chi connectivity index (χ3v) is 4.69. The topological polar surface area (TPSA) is 50.7 Å². The summed E-state index contributed by atoms with van der Waals surface area (Å²) in [4.78, 5) is 13.0. The smallest absolute Gasteiger partial charge is 0.277 e. The highest BCUT2D eigenvalue weighted by Gasteiger charge is 2.04. The zero-order valence-corrected chi connectivity index (χ0v) is 15.7. The SMILES string of the molecule is CC[C@@H](C)c1ccc(OCC(=O)N/N=C\c2ccc(SC)cc2)cc1. The fraction of sp³-hybridized carbons (Fsp3) is 0.300. The number of carbonyl (C=O) groups is 1. The van der Waals surface area contributed by atoms with Crippen LogP contribution in [0.1, 0.15) is 37.3 Å². The van der Waals surface area contributed by atoms with Crippen LogP contribution in [0.5, 0.6) is 5.75 Å². The predicted molar refractivity (Wildman–Crippen MR) is 105 cm³/mol. The second-order valence-corrected chi connectivity index (χ2v) is 6.61. The highest BCUT2D eigenvalue weighted by molar-refractivity contribution is 7.98. The number of rotatable bonds is 8. The Hall–Kier alpha value is -2.27. The number of thioether (sulfide) groups is 1. The van der Waals surface area contributed by atoms with E-state index < -0.39 is 0 Å². The molecular weight excluding hydrogens is 332 g/mol. The summed E-state index contributed by atoms with van der Waals surface area (Å²) in [5.41, 5.74) is 4.67. The summed E-state index contributed by atoms with van der Waals surface area (Å²) in [5, 5.41) is 3.95. The van der Waals surface area contributed by atoms with Crippen LogP contribution in [0.25, 0.3) is 0 Å². The molecular formula is C20H24N2O2S. The number of ether oxygens (including phenoxy) is 1. The minimum Gasteiger partial charge on any atom is -0.484 e. The standard InChI is InChI=1S/C20H24N2O2S/c1-4-15(2)17-7-9-18(10-8-17)24-14-20(23)22-21-13-16-5-11-19(25-3)12-6-16/h5-13,15H,4,14H2,1-3H3,(H,22,23)/b21-13-/t15-/m1/s1. The van der Waals surface area contributed by atoms with Crippen molar-refractivity contribution < 1.29 is 9.53 Å². The highest BCUT2D eigenvalue weighted by atomic mass is 32.2. The van der Waals surface area contributed by atoms with Crippen LogP contribution < -0.4 is 10.2 Å². The summed E-state index contributed by atoms with van der Waals surface area (Å²) >= 11 is 1.68. The average Bonchev–Trinajstić information content (AvgIpc) is 2.66. The Balaban J connectivity index is 1.77. The lowest BCUT2D eigenvalue weighted by molar-refractivity contribution is -0.123. The lowest BCUT2D eigenvalue weighted by Gasteiger charge is -2.10. The van der Waals surface area contributed by atoms with E-state index in [-0.39, 0.29) is 12.5 Å². The minimum absolute atomic E-state index is 0.0641. The zero-order valence-electron chi connectivity index (χ0n) is 14.9. The van der Waals surface area contributed by atoms with E-state index in [4.69, 9.17) is 4.74 Å². The van der Waals surface area contributed by atoms with Crippen molar-refractivity contribution >= 4 is 23.9 Å². The zero-order chi connectivity index (χ0) is 18.1. The molecule has 2 rings (SSSR count). The summed E-state index contributed by atoms with van der Waals surface area (Å²) in [6.45, 7) is 4.29. The lowest BCUT2D eigenvalue weighted by atomic mass is 9.99. The highest BCUT2D eigenvalue weighted by Crippen LogP contribution is 2.21. The molecule has 2 aromatic rings. The van der Waals surface area contributed by atoms with Gasteiger partial charge in [0.1, 0.15) is 5.75 Å². The number of benzene rings is 2. The van der Waals surface area contributed by atoms with Crippen molar-refractivity contribution in [3.63, 3.8) is 0 Å². The van der Waals surface area contributed by atoms with Crippen LogP contribution in [0.4, 0.5) is 0 Å². The van der Waals surface area contributed by atoms with Crippen LogP contribution in [-0.4, -0.2) is 25.0 Å². The largest absolute Gasteiger partial charge is 0.484 e. The van der Waals surface area contributed by atoms with Crippen molar-refractivity contribution in [2.75, 3.05) is 12.9 Å². The van der Waals surface area contributed by atoms with Gasteiger partial charge in [-0.3, -0.25) is 4.79 Å². The second kappa shape index (κ2) is 9.89. The van der Waals surface area contributed by atoms with Gasteiger partial charge in [0.15, 0.2) is 6.61 Å². The molecule has 1 atom stereocenters. The summed E-state index contributed by atoms with van der Waals surface area (Å²) in [6, 6.07) is 15.8. The maximum Gasteiger partial charge on any atom is 0.277 e. The van der Waals surface area contributed by atoms with E-state index in [1.165, 1.54) is 10.5 Å². The molecule has 0 saturated carbocycles. The lowest BCUT2D eigenvalue weighted by Crippen LogP contribution is -2.24. The van der Waals surface area contributed by atoms with Gasteiger partial charge in [-0.15, -0.1) is 11.8 Å². The first kappa shape index (κ1) is 19.1. The molecule has 0 aromatic heterocycles. The first-order valence-electron chi connectivity index (χ1n) is 8.31. The molecule has 0 unspecified atom stereocenters. The number of hydrogen-bond donors (Lipinski definition) is 1. The number of carbonyl (C=O) groups excluding carboxylic acids is 1. The Morgan fingerprint density at radius 3 is 2.48 bits per heavy atom. The van der Waals surface area contributed by atoms with E-state index in [0.29, 0.717) is 11.7 Å². The summed E-state index contributed by atoms with van der Waals surface area (Å²) in [7, 11) is 0. The van der Waals surface area contributed by atoms with E-state index in [9.17, 15) is 4.79 Å². The molecule has 0 heterocycles. The van der Waals surface area contributed by atoms with Gasteiger partial charge < -0.3 is 4.74 Å². The van der Waals surface area contributed by atoms with Gasteiger partial charge in [-0.05, 0) is 54.0 Å². The summed E-state index contributed by atoms with van der Waals surface area (Å²) in [6.07, 6.45) is 4.74. The molecule has 0 saturated heterocycles. The third-order valence-electron chi connectivity index (χ3n) is 3.95. The Labute approximate surface area is 153 Å². The molecule has 1 N–H and O–H groups in total. The van der Waals surface area contributed by atoms with E-state index in [1.807, 2.05) is 54.8 Å². The first-order valence-corrected chi connectivity index (χ1v) is 9.53. The molecule has 4 nitrogen and oxygen atoms in total. The van der Waals surface area contributed by atoms with Gasteiger partial charge >= 0.3 is 0 Å². The van der Waals surface area contributed by atoms with Crippen LogP contribution in [0.3, 0.4) is 0 Å². The number of hydrogen-bond acceptors (Lipinski definition) is 4. The van der Waals surface area contributed by atoms with E-state index in [0.717, 1.165) is 12.0 Å². The molecule has 5 heteroatoms. The molecule has 0 spiro atoms. The van der Waals surface area contributed by atoms with Crippen molar-refractivity contribution in [2.24, 2.45) is 5.10 Å². The maximum absolute atomic E-state index is 11.8. The van der Waals surface area contributed by atoms with Gasteiger partial charge in [-0.2, -0.15) is 5.10 Å². The Kier molecular flexibility index (Phi) is 7.54. The number of nitrogens with one attached hydrogen (secondary N) is 1. The fourth-order valence-corrected chi connectivity index (χ4v) is 2.59. The van der Waals surface area contributed by atoms with Gasteiger partial charge in [0.25, 0.3) is 5.91 Å². The number of amides is 1. The van der Waals surface area contributed by atoms with Crippen molar-refractivity contribution in [1.29, 1.82) is 0 Å². The van der Waals surface area contributed by atoms with Crippen LogP contribution in [0.2, 0.25) is 0 Å². The molecule has 0 bridgehead atoms. The Morgan fingerprint density at radius 1 is 1.20 bits per heavy atom. The molecule has 25 heavy (non-hydrogen) atoms. The fourth-order valence-electron chi connectivity index (χ4n) is 2.18. The molecule has 0 aliphatic heterocycles. The Morgan fingerprint density at radius 2 is 1.88 bits per heavy atom. The molecule has 0 aliphatic rings. The van der Waals surface area contributed by atoms with Crippen molar-refractivity contribution in [1.82, 2.24) is 5.43 Å². The van der Waals surface area contributed by atoms with Crippen LogP contribution in [-0.2, 0) is 4.79 Å². The Bertz CT molecular complexity index is 697. The third kappa shape index (κ3) is 6.27. The molecule has 0 aliphatic carbocycles. The quantitative estimate of drug-likeness (QED) is 0.432. The van der Waals surface area contributed by atoms with Gasteiger partial charge in [-0.25, -0.2) is 5.43 Å². The van der Waals surface area contributed by atoms with Crippen molar-refractivity contribution in [3.05, 3.63) is 59.7 Å². The van der Waals surface area contributed by atoms with Crippen molar-refractivity contribution in [2.45, 2.75) is 31.1 Å². The van der Waals surface area contributed by atoms with E-state index in [1.54, 1.807) is 18.0 Å². The maximum atomic E-state index is 11.8. The number of hydrazone groups is 1. The minimum atomic E-state index is -0.289. The summed E-state index contributed by atoms with van der Waals surface area (Å²) in [5.74, 6) is 0.915. The van der Waals surface area contributed by atoms with Crippen molar-refractivity contribution in [3.8, 4) is 5.75 Å². The van der Waals surface area contributed by atoms with Crippen LogP contribution in [0.15, 0.2) is 58.5 Å².